The van der Waals surface area contributed by atoms with Crippen molar-refractivity contribution in [2.24, 2.45) is 0 Å². The number of amides is 1. The molecule has 0 saturated carbocycles. The molecule has 0 heterocycles. The molecular weight excluding hydrogens is 340 g/mol. The van der Waals surface area contributed by atoms with Gasteiger partial charge in [0.25, 0.3) is 0 Å². The zero-order valence-electron chi connectivity index (χ0n) is 15.1. The highest BCUT2D eigenvalue weighted by atomic mass is 16.5. The Labute approximate surface area is 158 Å². The molecule has 5 nitrogen and oxygen atoms in total. The topological polar surface area (TPSA) is 59.6 Å². The third-order valence-corrected chi connectivity index (χ3v) is 3.75. The van der Waals surface area contributed by atoms with Crippen LogP contribution in [-0.4, -0.2) is 19.1 Å². The van der Waals surface area contributed by atoms with Crippen LogP contribution in [0.1, 0.15) is 6.92 Å². The second-order valence-electron chi connectivity index (χ2n) is 5.77. The van der Waals surface area contributed by atoms with Crippen molar-refractivity contribution in [3.05, 3.63) is 78.9 Å². The Morgan fingerprint density at radius 3 is 2.30 bits per heavy atom. The second-order valence-corrected chi connectivity index (χ2v) is 5.77. The van der Waals surface area contributed by atoms with Gasteiger partial charge >= 0.3 is 0 Å². The summed E-state index contributed by atoms with van der Waals surface area (Å²) in [6.45, 7) is 2.67. The average Bonchev–Trinajstić information content (AvgIpc) is 2.70. The number of anilines is 2. The van der Waals surface area contributed by atoms with E-state index in [-0.39, 0.29) is 12.5 Å². The summed E-state index contributed by atoms with van der Waals surface area (Å²) in [5.41, 5.74) is 1.47. The van der Waals surface area contributed by atoms with Gasteiger partial charge in [0.05, 0.1) is 18.8 Å². The van der Waals surface area contributed by atoms with E-state index in [1.807, 2.05) is 85.8 Å². The Kier molecular flexibility index (Phi) is 6.30. The standard InChI is InChI=1S/C22H22N2O3/c1-2-26-18-14-12-17(13-15-18)24-22(25)16-23-20-10-6-7-11-21(20)27-19-8-4-3-5-9-19/h3-15,23H,2,16H2,1H3,(H,24,25). The molecule has 1 amide bonds. The Bertz CT molecular complexity index is 864. The number of carbonyl (C=O) groups is 1. The fraction of sp³-hybridized carbons (Fsp3) is 0.136. The van der Waals surface area contributed by atoms with Gasteiger partial charge in [-0.05, 0) is 55.5 Å². The van der Waals surface area contributed by atoms with Crippen molar-refractivity contribution < 1.29 is 14.3 Å². The lowest BCUT2D eigenvalue weighted by Crippen LogP contribution is -2.21. The van der Waals surface area contributed by atoms with Gasteiger partial charge in [0.1, 0.15) is 11.5 Å². The third-order valence-electron chi connectivity index (χ3n) is 3.75. The van der Waals surface area contributed by atoms with Crippen LogP contribution in [0.15, 0.2) is 78.9 Å². The van der Waals surface area contributed by atoms with Gasteiger partial charge in [0, 0.05) is 5.69 Å². The molecule has 0 aliphatic heterocycles. The van der Waals surface area contributed by atoms with Crippen LogP contribution >= 0.6 is 0 Å². The van der Waals surface area contributed by atoms with Gasteiger partial charge in [-0.3, -0.25) is 4.79 Å². The average molecular weight is 362 g/mol. The first kappa shape index (κ1) is 18.3. The monoisotopic (exact) mass is 362 g/mol. The molecule has 0 radical (unpaired) electrons. The Morgan fingerprint density at radius 2 is 1.56 bits per heavy atom. The fourth-order valence-corrected chi connectivity index (χ4v) is 2.50. The summed E-state index contributed by atoms with van der Waals surface area (Å²) in [6, 6.07) is 24.3. The number of hydrogen-bond acceptors (Lipinski definition) is 4. The van der Waals surface area contributed by atoms with Gasteiger partial charge in [-0.25, -0.2) is 0 Å². The molecule has 0 spiro atoms. The summed E-state index contributed by atoms with van der Waals surface area (Å²) in [6.07, 6.45) is 0. The van der Waals surface area contributed by atoms with Crippen LogP contribution in [0.25, 0.3) is 0 Å². The number of benzene rings is 3. The molecule has 0 atom stereocenters. The van der Waals surface area contributed by atoms with Crippen LogP contribution in [0.2, 0.25) is 0 Å². The van der Waals surface area contributed by atoms with Crippen LogP contribution in [0.3, 0.4) is 0 Å². The van der Waals surface area contributed by atoms with Crippen molar-refractivity contribution in [1.82, 2.24) is 0 Å². The molecule has 27 heavy (non-hydrogen) atoms. The zero-order chi connectivity index (χ0) is 18.9. The summed E-state index contributed by atoms with van der Waals surface area (Å²) >= 11 is 0. The van der Waals surface area contributed by atoms with Gasteiger partial charge in [0.15, 0.2) is 5.75 Å². The molecule has 138 valence electrons. The van der Waals surface area contributed by atoms with Gasteiger partial charge in [-0.1, -0.05) is 30.3 Å². The molecule has 0 saturated heterocycles. The van der Waals surface area contributed by atoms with Crippen molar-refractivity contribution in [1.29, 1.82) is 0 Å². The van der Waals surface area contributed by atoms with Crippen molar-refractivity contribution in [3.8, 4) is 17.2 Å². The first-order chi connectivity index (χ1) is 13.2. The van der Waals surface area contributed by atoms with Crippen LogP contribution in [0.5, 0.6) is 17.2 Å². The van der Waals surface area contributed by atoms with Crippen molar-refractivity contribution in [2.75, 3.05) is 23.8 Å². The molecule has 0 unspecified atom stereocenters. The quantitative estimate of drug-likeness (QED) is 0.597. The van der Waals surface area contributed by atoms with E-state index in [9.17, 15) is 4.79 Å². The number of para-hydroxylation sites is 3. The first-order valence-electron chi connectivity index (χ1n) is 8.83. The number of nitrogens with one attached hydrogen (secondary N) is 2. The number of hydrogen-bond donors (Lipinski definition) is 2. The maximum atomic E-state index is 12.2. The van der Waals surface area contributed by atoms with Crippen LogP contribution in [-0.2, 0) is 4.79 Å². The van der Waals surface area contributed by atoms with Crippen molar-refractivity contribution in [2.45, 2.75) is 6.92 Å². The molecule has 0 aromatic heterocycles. The maximum absolute atomic E-state index is 12.2. The largest absolute Gasteiger partial charge is 0.494 e. The minimum Gasteiger partial charge on any atom is -0.494 e. The third kappa shape index (κ3) is 5.51. The summed E-state index contributed by atoms with van der Waals surface area (Å²) in [5, 5.41) is 5.98. The summed E-state index contributed by atoms with van der Waals surface area (Å²) < 4.78 is 11.3. The van der Waals surface area contributed by atoms with Gasteiger partial charge < -0.3 is 20.1 Å². The number of carbonyl (C=O) groups excluding carboxylic acids is 1. The molecule has 3 aromatic rings. The molecule has 0 fully saturated rings. The van der Waals surface area contributed by atoms with E-state index in [0.29, 0.717) is 12.4 Å². The summed E-state index contributed by atoms with van der Waals surface area (Å²) in [5.74, 6) is 2.04. The lowest BCUT2D eigenvalue weighted by Gasteiger charge is -2.13. The molecule has 3 rings (SSSR count). The highest BCUT2D eigenvalue weighted by Crippen LogP contribution is 2.28. The SMILES string of the molecule is CCOc1ccc(NC(=O)CNc2ccccc2Oc2ccccc2)cc1. The van der Waals surface area contributed by atoms with E-state index in [1.54, 1.807) is 0 Å². The minimum absolute atomic E-state index is 0.127. The number of rotatable bonds is 8. The zero-order valence-corrected chi connectivity index (χ0v) is 15.1. The van der Waals surface area contributed by atoms with Gasteiger partial charge in [-0.15, -0.1) is 0 Å². The summed E-state index contributed by atoms with van der Waals surface area (Å²) in [7, 11) is 0. The van der Waals surface area contributed by atoms with E-state index in [4.69, 9.17) is 9.47 Å². The van der Waals surface area contributed by atoms with Gasteiger partial charge in [-0.2, -0.15) is 0 Å². The van der Waals surface area contributed by atoms with E-state index in [0.717, 1.165) is 22.9 Å². The van der Waals surface area contributed by atoms with E-state index < -0.39 is 0 Å². The Morgan fingerprint density at radius 1 is 0.852 bits per heavy atom. The van der Waals surface area contributed by atoms with Crippen molar-refractivity contribution in [3.63, 3.8) is 0 Å². The van der Waals surface area contributed by atoms with Gasteiger partial charge in [0.2, 0.25) is 5.91 Å². The van der Waals surface area contributed by atoms with E-state index in [2.05, 4.69) is 10.6 Å². The number of ether oxygens (including phenoxy) is 2. The predicted octanol–water partition coefficient (Wildman–Crippen LogP) is 4.93. The highest BCUT2D eigenvalue weighted by Gasteiger charge is 2.07. The fourth-order valence-electron chi connectivity index (χ4n) is 2.50. The molecular formula is C22H22N2O3. The van der Waals surface area contributed by atoms with E-state index in [1.165, 1.54) is 0 Å². The molecule has 0 aliphatic carbocycles. The lowest BCUT2D eigenvalue weighted by molar-refractivity contribution is -0.114. The van der Waals surface area contributed by atoms with Crippen LogP contribution in [0, 0.1) is 0 Å². The molecule has 5 heteroatoms. The van der Waals surface area contributed by atoms with Crippen LogP contribution in [0.4, 0.5) is 11.4 Å². The molecule has 2 N–H and O–H groups in total. The lowest BCUT2D eigenvalue weighted by atomic mass is 10.2. The predicted molar refractivity (Wildman–Crippen MR) is 108 cm³/mol. The maximum Gasteiger partial charge on any atom is 0.243 e. The smallest absolute Gasteiger partial charge is 0.243 e. The molecule has 3 aromatic carbocycles. The Hall–Kier alpha value is -3.47. The minimum atomic E-state index is -0.145. The highest BCUT2D eigenvalue weighted by molar-refractivity contribution is 5.94. The van der Waals surface area contributed by atoms with Crippen LogP contribution < -0.4 is 20.1 Å². The molecule has 0 aliphatic rings. The Balaban J connectivity index is 1.57. The molecule has 0 bridgehead atoms. The van der Waals surface area contributed by atoms with Crippen molar-refractivity contribution >= 4 is 17.3 Å². The summed E-state index contributed by atoms with van der Waals surface area (Å²) in [4.78, 5) is 12.2. The van der Waals surface area contributed by atoms with E-state index >= 15 is 0 Å². The normalized spacial score (nSPS) is 10.1. The second kappa shape index (κ2) is 9.29. The first-order valence-corrected chi connectivity index (χ1v) is 8.83.